The molecule has 0 N–H and O–H groups in total. The van der Waals surface area contributed by atoms with Crippen LogP contribution < -0.4 is 9.13 Å². The molecule has 2 aromatic carbocycles. The Morgan fingerprint density at radius 1 is 0.929 bits per heavy atom. The molecule has 0 fully saturated rings. The molecule has 0 saturated heterocycles. The molecule has 3 heteroatoms. The lowest BCUT2D eigenvalue weighted by atomic mass is 10.0. The number of para-hydroxylation sites is 1. The third kappa shape index (κ3) is 2.91. The van der Waals surface area contributed by atoms with Gasteiger partial charge in [0.25, 0.3) is 5.82 Å². The van der Waals surface area contributed by atoms with E-state index in [0.717, 1.165) is 0 Å². The summed E-state index contributed by atoms with van der Waals surface area (Å²) in [6.07, 6.45) is 4.32. The minimum Gasteiger partial charge on any atom is -0.233 e. The number of fused-ring (bicyclic) bond motifs is 1. The molecule has 0 atom stereocenters. The highest BCUT2D eigenvalue weighted by atomic mass is 15.1. The van der Waals surface area contributed by atoms with Crippen molar-refractivity contribution < 1.29 is 9.13 Å². The number of aryl methyl sites for hydroxylation is 3. The first kappa shape index (κ1) is 18.4. The van der Waals surface area contributed by atoms with E-state index in [1.807, 2.05) is 0 Å². The van der Waals surface area contributed by atoms with Gasteiger partial charge in [-0.15, -0.1) is 0 Å². The third-order valence-electron chi connectivity index (χ3n) is 5.63. The molecule has 0 aliphatic heterocycles. The van der Waals surface area contributed by atoms with Crippen molar-refractivity contribution in [3.05, 3.63) is 77.7 Å². The van der Waals surface area contributed by atoms with Gasteiger partial charge < -0.3 is 0 Å². The number of imidazole rings is 1. The fraction of sp³-hybridized carbons (Fsp3) is 0.280. The van der Waals surface area contributed by atoms with Gasteiger partial charge in [-0.3, -0.25) is 0 Å². The second-order valence-electron chi connectivity index (χ2n) is 8.06. The van der Waals surface area contributed by atoms with E-state index in [0.29, 0.717) is 6.04 Å². The van der Waals surface area contributed by atoms with Crippen LogP contribution in [0, 0.1) is 20.8 Å². The number of benzene rings is 2. The number of aromatic nitrogens is 3. The highest BCUT2D eigenvalue weighted by Crippen LogP contribution is 2.28. The van der Waals surface area contributed by atoms with E-state index < -0.39 is 0 Å². The van der Waals surface area contributed by atoms with E-state index >= 15 is 0 Å². The molecule has 0 radical (unpaired) electrons. The lowest BCUT2D eigenvalue weighted by Gasteiger charge is -2.12. The molecular formula is C25H29N3+2. The molecule has 2 heterocycles. The standard InChI is InChI=1S/C25H29N3/c1-17(2)27-14-13-26(6)25(27)22-15-18(3)16-24(20(22)5)28-19(4)11-12-21-9-7-8-10-23(21)28/h7-17H,1-6H3/q+2. The van der Waals surface area contributed by atoms with Crippen LogP contribution in [0.1, 0.15) is 36.7 Å². The van der Waals surface area contributed by atoms with E-state index in [9.17, 15) is 0 Å². The zero-order chi connectivity index (χ0) is 20.0. The Kier molecular flexibility index (Phi) is 4.54. The van der Waals surface area contributed by atoms with Crippen LogP contribution in [0.25, 0.3) is 28.0 Å². The summed E-state index contributed by atoms with van der Waals surface area (Å²) in [4.78, 5) is 0. The van der Waals surface area contributed by atoms with Gasteiger partial charge in [-0.05, 0) is 51.5 Å². The molecule has 0 aliphatic rings. The molecule has 3 nitrogen and oxygen atoms in total. The second kappa shape index (κ2) is 6.90. The number of hydrogen-bond donors (Lipinski definition) is 0. The van der Waals surface area contributed by atoms with Crippen LogP contribution in [0.4, 0.5) is 0 Å². The van der Waals surface area contributed by atoms with Crippen LogP contribution >= 0.6 is 0 Å². The predicted octanol–water partition coefficient (Wildman–Crippen LogP) is 4.92. The lowest BCUT2D eigenvalue weighted by molar-refractivity contribution is -0.659. The first-order valence-electron chi connectivity index (χ1n) is 9.97. The van der Waals surface area contributed by atoms with E-state index in [-0.39, 0.29) is 0 Å². The molecule has 142 valence electrons. The van der Waals surface area contributed by atoms with E-state index in [1.165, 1.54) is 44.8 Å². The van der Waals surface area contributed by atoms with E-state index in [1.54, 1.807) is 0 Å². The highest BCUT2D eigenvalue weighted by molar-refractivity contribution is 5.76. The Labute approximate surface area is 167 Å². The lowest BCUT2D eigenvalue weighted by Crippen LogP contribution is -2.37. The Balaban J connectivity index is 2.06. The first-order valence-corrected chi connectivity index (χ1v) is 9.97. The quantitative estimate of drug-likeness (QED) is 0.454. The van der Waals surface area contributed by atoms with Gasteiger partial charge in [0.15, 0.2) is 5.69 Å². The van der Waals surface area contributed by atoms with E-state index in [4.69, 9.17) is 0 Å². The maximum atomic E-state index is 2.39. The van der Waals surface area contributed by atoms with Gasteiger partial charge in [-0.2, -0.15) is 4.57 Å². The summed E-state index contributed by atoms with van der Waals surface area (Å²) in [5, 5.41) is 1.26. The summed E-state index contributed by atoms with van der Waals surface area (Å²) < 4.78 is 6.97. The van der Waals surface area contributed by atoms with Crippen molar-refractivity contribution in [2.45, 2.75) is 40.7 Å². The molecule has 28 heavy (non-hydrogen) atoms. The zero-order valence-electron chi connectivity index (χ0n) is 17.7. The van der Waals surface area contributed by atoms with Crippen molar-refractivity contribution in [1.29, 1.82) is 0 Å². The minimum absolute atomic E-state index is 0.409. The fourth-order valence-electron chi connectivity index (χ4n) is 4.17. The maximum Gasteiger partial charge on any atom is 0.289 e. The average molecular weight is 372 g/mol. The average Bonchev–Trinajstić information content (AvgIpc) is 3.05. The summed E-state index contributed by atoms with van der Waals surface area (Å²) in [7, 11) is 2.13. The fourth-order valence-corrected chi connectivity index (χ4v) is 4.17. The van der Waals surface area contributed by atoms with Gasteiger partial charge in [0.2, 0.25) is 11.2 Å². The topological polar surface area (TPSA) is 12.7 Å². The molecule has 0 aliphatic carbocycles. The third-order valence-corrected chi connectivity index (χ3v) is 5.63. The van der Waals surface area contributed by atoms with Gasteiger partial charge in [0.1, 0.15) is 12.4 Å². The van der Waals surface area contributed by atoms with Crippen LogP contribution in [-0.2, 0) is 7.05 Å². The first-order chi connectivity index (χ1) is 13.4. The summed E-state index contributed by atoms with van der Waals surface area (Å²) in [6, 6.07) is 18.1. The van der Waals surface area contributed by atoms with Crippen molar-refractivity contribution >= 4 is 10.9 Å². The molecule has 2 aromatic heterocycles. The second-order valence-corrected chi connectivity index (χ2v) is 8.06. The van der Waals surface area contributed by atoms with Gasteiger partial charge in [0.05, 0.1) is 18.7 Å². The van der Waals surface area contributed by atoms with Crippen molar-refractivity contribution in [2.75, 3.05) is 0 Å². The molecular weight excluding hydrogens is 342 g/mol. The molecule has 4 rings (SSSR count). The van der Waals surface area contributed by atoms with Crippen molar-refractivity contribution in [2.24, 2.45) is 7.05 Å². The SMILES string of the molecule is Cc1cc(-c2n(C(C)C)cc[n+]2C)c(C)c(-[n+]2c(C)ccc3ccccc32)c1. The summed E-state index contributed by atoms with van der Waals surface area (Å²) >= 11 is 0. The number of hydrogen-bond acceptors (Lipinski definition) is 0. The minimum atomic E-state index is 0.409. The number of nitrogens with zero attached hydrogens (tertiary/aromatic N) is 3. The van der Waals surface area contributed by atoms with Crippen molar-refractivity contribution in [3.63, 3.8) is 0 Å². The molecule has 0 saturated carbocycles. The Morgan fingerprint density at radius 3 is 2.43 bits per heavy atom. The predicted molar refractivity (Wildman–Crippen MR) is 115 cm³/mol. The normalized spacial score (nSPS) is 11.5. The van der Waals surface area contributed by atoms with Crippen LogP contribution in [0.2, 0.25) is 0 Å². The Hall–Kier alpha value is -2.94. The van der Waals surface area contributed by atoms with Gasteiger partial charge in [-0.1, -0.05) is 12.1 Å². The van der Waals surface area contributed by atoms with Crippen LogP contribution in [0.3, 0.4) is 0 Å². The van der Waals surface area contributed by atoms with Gasteiger partial charge >= 0.3 is 0 Å². The Bertz CT molecular complexity index is 1180. The van der Waals surface area contributed by atoms with Crippen LogP contribution in [-0.4, -0.2) is 4.57 Å². The molecule has 0 amide bonds. The number of pyridine rings is 1. The van der Waals surface area contributed by atoms with Crippen LogP contribution in [0.5, 0.6) is 0 Å². The van der Waals surface area contributed by atoms with E-state index in [2.05, 4.69) is 116 Å². The summed E-state index contributed by atoms with van der Waals surface area (Å²) in [6.45, 7) is 11.1. The molecule has 4 aromatic rings. The Morgan fingerprint density at radius 2 is 1.68 bits per heavy atom. The smallest absolute Gasteiger partial charge is 0.233 e. The van der Waals surface area contributed by atoms with Crippen LogP contribution in [0.15, 0.2) is 60.9 Å². The highest BCUT2D eigenvalue weighted by Gasteiger charge is 2.27. The molecule has 0 unspecified atom stereocenters. The van der Waals surface area contributed by atoms with Gasteiger partial charge in [0, 0.05) is 36.1 Å². The summed E-state index contributed by atoms with van der Waals surface area (Å²) in [5.41, 5.74) is 7.59. The molecule has 0 spiro atoms. The largest absolute Gasteiger partial charge is 0.289 e. The number of rotatable bonds is 3. The summed E-state index contributed by atoms with van der Waals surface area (Å²) in [5.74, 6) is 1.25. The maximum absolute atomic E-state index is 2.39. The monoisotopic (exact) mass is 371 g/mol. The van der Waals surface area contributed by atoms with Crippen molar-refractivity contribution in [3.8, 4) is 17.1 Å². The van der Waals surface area contributed by atoms with Crippen molar-refractivity contribution in [1.82, 2.24) is 4.57 Å². The van der Waals surface area contributed by atoms with Gasteiger partial charge in [-0.25, -0.2) is 9.13 Å². The zero-order valence-corrected chi connectivity index (χ0v) is 17.7. The molecule has 0 bridgehead atoms.